The molecule has 3 heterocycles. The first-order valence-electron chi connectivity index (χ1n) is 9.02. The Morgan fingerprint density at radius 3 is 2.50 bits per heavy atom. The fourth-order valence-electron chi connectivity index (χ4n) is 3.72. The van der Waals surface area contributed by atoms with Crippen LogP contribution >= 0.6 is 11.3 Å². The predicted molar refractivity (Wildman–Crippen MR) is 103 cm³/mol. The zero-order valence-electron chi connectivity index (χ0n) is 15.1. The number of nitrogens with zero attached hydrogens (tertiary/aromatic N) is 2. The van der Waals surface area contributed by atoms with Gasteiger partial charge in [-0.1, -0.05) is 44.2 Å². The molecule has 0 fully saturated rings. The van der Waals surface area contributed by atoms with Gasteiger partial charge in [0.2, 0.25) is 0 Å². The fourth-order valence-corrected chi connectivity index (χ4v) is 4.48. The minimum absolute atomic E-state index is 0.147. The number of carbonyl (C=O) groups is 2. The maximum atomic E-state index is 13.2. The molecule has 0 saturated carbocycles. The van der Waals surface area contributed by atoms with Crippen LogP contribution in [0.3, 0.4) is 0 Å². The third-order valence-electron chi connectivity index (χ3n) is 4.91. The summed E-state index contributed by atoms with van der Waals surface area (Å²) in [7, 11) is 0. The lowest BCUT2D eigenvalue weighted by atomic mass is 9.99. The van der Waals surface area contributed by atoms with E-state index in [-0.39, 0.29) is 17.7 Å². The summed E-state index contributed by atoms with van der Waals surface area (Å²) in [5.74, 6) is -0.0552. The molecule has 2 aromatic rings. The summed E-state index contributed by atoms with van der Waals surface area (Å²) in [5.41, 5.74) is 3.72. The Morgan fingerprint density at radius 2 is 1.81 bits per heavy atom. The van der Waals surface area contributed by atoms with Crippen LogP contribution in [0.25, 0.3) is 5.57 Å². The summed E-state index contributed by atoms with van der Waals surface area (Å²) in [6.45, 7) is 5.95. The summed E-state index contributed by atoms with van der Waals surface area (Å²) < 4.78 is 0. The molecule has 2 amide bonds. The summed E-state index contributed by atoms with van der Waals surface area (Å²) in [5, 5.41) is 1.95. The van der Waals surface area contributed by atoms with E-state index in [1.165, 1.54) is 27.4 Å². The molecule has 134 valence electrons. The molecule has 2 aliphatic heterocycles. The quantitative estimate of drug-likeness (QED) is 0.777. The van der Waals surface area contributed by atoms with Crippen LogP contribution in [0.5, 0.6) is 0 Å². The van der Waals surface area contributed by atoms with Crippen molar-refractivity contribution in [1.29, 1.82) is 0 Å². The van der Waals surface area contributed by atoms with Gasteiger partial charge >= 0.3 is 0 Å². The highest BCUT2D eigenvalue weighted by molar-refractivity contribution is 7.11. The van der Waals surface area contributed by atoms with Gasteiger partial charge in [0.1, 0.15) is 5.70 Å². The van der Waals surface area contributed by atoms with Crippen molar-refractivity contribution in [1.82, 2.24) is 9.80 Å². The Morgan fingerprint density at radius 1 is 1.04 bits per heavy atom. The van der Waals surface area contributed by atoms with Crippen molar-refractivity contribution in [2.24, 2.45) is 5.92 Å². The molecule has 5 heteroatoms. The summed E-state index contributed by atoms with van der Waals surface area (Å²) >= 11 is 1.52. The fraction of sp³-hybridized carbons (Fsp3) is 0.333. The van der Waals surface area contributed by atoms with E-state index in [0.29, 0.717) is 24.4 Å². The highest BCUT2D eigenvalue weighted by Gasteiger charge is 2.42. The summed E-state index contributed by atoms with van der Waals surface area (Å²) in [6.07, 6.45) is 0.892. The van der Waals surface area contributed by atoms with Crippen LogP contribution in [0, 0.1) is 5.92 Å². The first-order chi connectivity index (χ1) is 12.6. The normalized spacial score (nSPS) is 17.5. The second-order valence-electron chi connectivity index (χ2n) is 7.26. The molecular weight excluding hydrogens is 344 g/mol. The van der Waals surface area contributed by atoms with Crippen molar-refractivity contribution in [2.45, 2.75) is 26.8 Å². The van der Waals surface area contributed by atoms with Crippen molar-refractivity contribution in [2.75, 3.05) is 13.1 Å². The molecule has 0 bridgehead atoms. The van der Waals surface area contributed by atoms with E-state index < -0.39 is 0 Å². The molecule has 26 heavy (non-hydrogen) atoms. The number of imide groups is 1. The highest BCUT2D eigenvalue weighted by atomic mass is 32.1. The zero-order chi connectivity index (χ0) is 18.3. The number of benzene rings is 1. The largest absolute Gasteiger partial charge is 0.362 e. The van der Waals surface area contributed by atoms with Crippen molar-refractivity contribution in [3.8, 4) is 0 Å². The molecule has 2 aliphatic rings. The van der Waals surface area contributed by atoms with Gasteiger partial charge in [-0.3, -0.25) is 14.5 Å². The molecule has 4 rings (SSSR count). The maximum Gasteiger partial charge on any atom is 0.277 e. The Balaban J connectivity index is 1.75. The number of rotatable bonds is 4. The average Bonchev–Trinajstić information content (AvgIpc) is 3.23. The Bertz CT molecular complexity index is 883. The monoisotopic (exact) mass is 366 g/mol. The molecule has 0 saturated heterocycles. The second-order valence-corrected chi connectivity index (χ2v) is 8.20. The lowest BCUT2D eigenvalue weighted by molar-refractivity contribution is -0.138. The van der Waals surface area contributed by atoms with Gasteiger partial charge in [0.15, 0.2) is 0 Å². The van der Waals surface area contributed by atoms with Crippen LogP contribution in [0.1, 0.15) is 29.9 Å². The van der Waals surface area contributed by atoms with Gasteiger partial charge < -0.3 is 4.90 Å². The highest BCUT2D eigenvalue weighted by Crippen LogP contribution is 2.36. The number of hydrogen-bond acceptors (Lipinski definition) is 4. The van der Waals surface area contributed by atoms with Gasteiger partial charge in [0.25, 0.3) is 11.8 Å². The van der Waals surface area contributed by atoms with E-state index in [0.717, 1.165) is 17.8 Å². The Labute approximate surface area is 157 Å². The van der Waals surface area contributed by atoms with Crippen molar-refractivity contribution >= 4 is 28.7 Å². The van der Waals surface area contributed by atoms with Crippen molar-refractivity contribution in [3.05, 3.63) is 63.5 Å². The molecule has 0 aliphatic carbocycles. The molecule has 1 aromatic heterocycles. The number of thiophene rings is 1. The molecule has 0 unspecified atom stereocenters. The van der Waals surface area contributed by atoms with E-state index >= 15 is 0 Å². The van der Waals surface area contributed by atoms with Gasteiger partial charge in [0, 0.05) is 24.5 Å². The van der Waals surface area contributed by atoms with Gasteiger partial charge in [-0.15, -0.1) is 11.3 Å². The number of hydrogen-bond donors (Lipinski definition) is 0. The van der Waals surface area contributed by atoms with E-state index in [9.17, 15) is 9.59 Å². The SMILES string of the molecule is CC(C)CN1C(=O)C(c2cccs2)=C(N2CCc3ccccc3C2)C1=O. The summed E-state index contributed by atoms with van der Waals surface area (Å²) in [6, 6.07) is 12.2. The van der Waals surface area contributed by atoms with Crippen LogP contribution < -0.4 is 0 Å². The van der Waals surface area contributed by atoms with E-state index in [1.54, 1.807) is 0 Å². The van der Waals surface area contributed by atoms with E-state index in [4.69, 9.17) is 0 Å². The first kappa shape index (κ1) is 17.0. The van der Waals surface area contributed by atoms with Crippen LogP contribution in [0.2, 0.25) is 0 Å². The summed E-state index contributed by atoms with van der Waals surface area (Å²) in [4.78, 5) is 30.7. The third kappa shape index (κ3) is 2.86. The third-order valence-corrected chi connectivity index (χ3v) is 5.79. The molecule has 0 atom stereocenters. The standard InChI is InChI=1S/C21H22N2O2S/c1-14(2)12-23-20(24)18(17-8-5-11-26-17)19(21(23)25)22-10-9-15-6-3-4-7-16(15)13-22/h3-8,11,14H,9-10,12-13H2,1-2H3. The zero-order valence-corrected chi connectivity index (χ0v) is 15.9. The number of carbonyl (C=O) groups excluding carboxylic acids is 2. The van der Waals surface area contributed by atoms with Crippen LogP contribution in [0.4, 0.5) is 0 Å². The van der Waals surface area contributed by atoms with Gasteiger partial charge in [-0.25, -0.2) is 0 Å². The van der Waals surface area contributed by atoms with Crippen LogP contribution in [0.15, 0.2) is 47.5 Å². The maximum absolute atomic E-state index is 13.2. The lowest BCUT2D eigenvalue weighted by Crippen LogP contribution is -2.38. The topological polar surface area (TPSA) is 40.6 Å². The number of amides is 2. The second kappa shape index (κ2) is 6.72. The van der Waals surface area contributed by atoms with Crippen molar-refractivity contribution < 1.29 is 9.59 Å². The van der Waals surface area contributed by atoms with Crippen LogP contribution in [-0.2, 0) is 22.6 Å². The van der Waals surface area contributed by atoms with Gasteiger partial charge in [0.05, 0.1) is 5.57 Å². The minimum atomic E-state index is -0.153. The smallest absolute Gasteiger partial charge is 0.277 e. The molecule has 4 nitrogen and oxygen atoms in total. The van der Waals surface area contributed by atoms with Gasteiger partial charge in [-0.05, 0) is 34.9 Å². The first-order valence-corrected chi connectivity index (χ1v) is 9.90. The Hall–Kier alpha value is -2.40. The molecule has 0 spiro atoms. The number of fused-ring (bicyclic) bond motifs is 1. The van der Waals surface area contributed by atoms with Crippen molar-refractivity contribution in [3.63, 3.8) is 0 Å². The molecule has 1 aromatic carbocycles. The Kier molecular flexibility index (Phi) is 4.41. The molecular formula is C21H22N2O2S. The predicted octanol–water partition coefficient (Wildman–Crippen LogP) is 3.54. The van der Waals surface area contributed by atoms with Gasteiger partial charge in [-0.2, -0.15) is 0 Å². The minimum Gasteiger partial charge on any atom is -0.362 e. The van der Waals surface area contributed by atoms with E-state index in [1.807, 2.05) is 37.4 Å². The molecule has 0 radical (unpaired) electrons. The average molecular weight is 366 g/mol. The lowest BCUT2D eigenvalue weighted by Gasteiger charge is -2.31. The van der Waals surface area contributed by atoms with E-state index in [2.05, 4.69) is 23.1 Å². The van der Waals surface area contributed by atoms with Crippen LogP contribution in [-0.4, -0.2) is 34.7 Å². The molecule has 0 N–H and O–H groups in total.